The van der Waals surface area contributed by atoms with Crippen molar-refractivity contribution in [3.8, 4) is 0 Å². The van der Waals surface area contributed by atoms with Crippen LogP contribution in [0.4, 0.5) is 0 Å². The van der Waals surface area contributed by atoms with E-state index in [0.717, 1.165) is 25.7 Å². The number of para-hydroxylation sites is 1. The molecule has 1 aliphatic carbocycles. The Hall–Kier alpha value is -1.32. The molecule has 1 heterocycles. The molecule has 0 unspecified atom stereocenters. The van der Waals surface area contributed by atoms with Gasteiger partial charge in [0, 0.05) is 37.4 Å². The van der Waals surface area contributed by atoms with E-state index in [2.05, 4.69) is 46.5 Å². The molecule has 1 fully saturated rings. The van der Waals surface area contributed by atoms with E-state index in [4.69, 9.17) is 0 Å². The van der Waals surface area contributed by atoms with Gasteiger partial charge in [0.2, 0.25) is 0 Å². The second-order valence-electron chi connectivity index (χ2n) is 5.33. The van der Waals surface area contributed by atoms with Crippen LogP contribution in [0.25, 0.3) is 10.9 Å². The van der Waals surface area contributed by atoms with Crippen LogP contribution in [0.2, 0.25) is 0 Å². The molecule has 18 heavy (non-hydrogen) atoms. The van der Waals surface area contributed by atoms with Gasteiger partial charge in [-0.15, -0.1) is 0 Å². The number of likely N-dealkylation sites (N-methyl/N-ethyl adjacent to an activating group) is 1. The maximum atomic E-state index is 3.56. The molecular weight excluding hydrogens is 222 g/mol. The van der Waals surface area contributed by atoms with E-state index in [0.29, 0.717) is 0 Å². The van der Waals surface area contributed by atoms with Crippen molar-refractivity contribution in [2.24, 2.45) is 0 Å². The van der Waals surface area contributed by atoms with Crippen molar-refractivity contribution in [1.29, 1.82) is 0 Å². The first kappa shape index (κ1) is 11.8. The van der Waals surface area contributed by atoms with Crippen LogP contribution in [-0.4, -0.2) is 36.1 Å². The summed E-state index contributed by atoms with van der Waals surface area (Å²) in [5.74, 6) is 0. The fraction of sp³-hybridized carbons (Fsp3) is 0.467. The van der Waals surface area contributed by atoms with Crippen LogP contribution in [0.15, 0.2) is 30.5 Å². The quantitative estimate of drug-likeness (QED) is 0.816. The third-order valence-electron chi connectivity index (χ3n) is 3.62. The summed E-state index contributed by atoms with van der Waals surface area (Å²) >= 11 is 0. The molecule has 3 nitrogen and oxygen atoms in total. The zero-order valence-corrected chi connectivity index (χ0v) is 10.9. The Kier molecular flexibility index (Phi) is 3.35. The zero-order chi connectivity index (χ0) is 12.4. The Morgan fingerprint density at radius 2 is 2.22 bits per heavy atom. The third kappa shape index (κ3) is 2.74. The van der Waals surface area contributed by atoms with Gasteiger partial charge in [0.1, 0.15) is 0 Å². The van der Waals surface area contributed by atoms with E-state index >= 15 is 0 Å². The molecule has 0 spiro atoms. The van der Waals surface area contributed by atoms with Crippen molar-refractivity contribution < 1.29 is 0 Å². The van der Waals surface area contributed by atoms with Gasteiger partial charge >= 0.3 is 0 Å². The number of benzene rings is 1. The third-order valence-corrected chi connectivity index (χ3v) is 3.62. The van der Waals surface area contributed by atoms with E-state index in [1.54, 1.807) is 0 Å². The van der Waals surface area contributed by atoms with Gasteiger partial charge in [0.15, 0.2) is 0 Å². The van der Waals surface area contributed by atoms with Crippen LogP contribution in [0.1, 0.15) is 18.4 Å². The van der Waals surface area contributed by atoms with Gasteiger partial charge in [0.25, 0.3) is 0 Å². The Labute approximate surface area is 108 Å². The first-order chi connectivity index (χ1) is 8.83. The van der Waals surface area contributed by atoms with Gasteiger partial charge in [-0.3, -0.25) is 0 Å². The van der Waals surface area contributed by atoms with Crippen LogP contribution >= 0.6 is 0 Å². The predicted molar refractivity (Wildman–Crippen MR) is 75.7 cm³/mol. The van der Waals surface area contributed by atoms with Gasteiger partial charge in [-0.25, -0.2) is 0 Å². The second kappa shape index (κ2) is 5.12. The highest BCUT2D eigenvalue weighted by molar-refractivity contribution is 5.82. The summed E-state index contributed by atoms with van der Waals surface area (Å²) in [6.07, 6.45) is 4.75. The molecule has 0 bridgehead atoms. The molecule has 3 heteroatoms. The molecule has 1 aromatic carbocycles. The zero-order valence-electron chi connectivity index (χ0n) is 10.9. The number of rotatable bonds is 6. The number of H-pyrrole nitrogens is 1. The summed E-state index contributed by atoms with van der Waals surface area (Å²) in [6.45, 7) is 3.21. The van der Waals surface area contributed by atoms with Crippen LogP contribution in [0, 0.1) is 0 Å². The van der Waals surface area contributed by atoms with Gasteiger partial charge in [-0.1, -0.05) is 18.2 Å². The minimum Gasteiger partial charge on any atom is -0.361 e. The second-order valence-corrected chi connectivity index (χ2v) is 5.33. The van der Waals surface area contributed by atoms with E-state index in [1.165, 1.54) is 29.3 Å². The summed E-state index contributed by atoms with van der Waals surface area (Å²) in [4.78, 5) is 5.72. The van der Waals surface area contributed by atoms with Crippen LogP contribution in [-0.2, 0) is 6.54 Å². The first-order valence-electron chi connectivity index (χ1n) is 6.80. The standard InChI is InChI=1S/C15H21N3/c1-18(10-9-16-14-5-6-14)11-13-4-2-3-12-7-8-17-15(12)13/h2-4,7-8,14,16-17H,5-6,9-11H2,1H3. The fourth-order valence-corrected chi connectivity index (χ4v) is 2.40. The smallest absolute Gasteiger partial charge is 0.0499 e. The van der Waals surface area contributed by atoms with Crippen molar-refractivity contribution in [2.75, 3.05) is 20.1 Å². The molecule has 96 valence electrons. The van der Waals surface area contributed by atoms with Crippen molar-refractivity contribution in [3.05, 3.63) is 36.0 Å². The number of nitrogens with one attached hydrogen (secondary N) is 2. The first-order valence-corrected chi connectivity index (χ1v) is 6.80. The lowest BCUT2D eigenvalue weighted by Gasteiger charge is -2.17. The van der Waals surface area contributed by atoms with Crippen molar-refractivity contribution in [3.63, 3.8) is 0 Å². The minimum absolute atomic E-state index is 0.810. The summed E-state index contributed by atoms with van der Waals surface area (Å²) in [5.41, 5.74) is 2.66. The van der Waals surface area contributed by atoms with Gasteiger partial charge in [-0.05, 0) is 36.9 Å². The number of aromatic amines is 1. The van der Waals surface area contributed by atoms with Gasteiger partial charge < -0.3 is 15.2 Å². The highest BCUT2D eigenvalue weighted by atomic mass is 15.1. The maximum Gasteiger partial charge on any atom is 0.0499 e. The number of hydrogen-bond acceptors (Lipinski definition) is 2. The molecule has 0 radical (unpaired) electrons. The largest absolute Gasteiger partial charge is 0.361 e. The molecule has 1 aromatic heterocycles. The van der Waals surface area contributed by atoms with Crippen LogP contribution in [0.3, 0.4) is 0 Å². The molecule has 0 aliphatic heterocycles. The molecule has 0 atom stereocenters. The van der Waals surface area contributed by atoms with E-state index in [9.17, 15) is 0 Å². The highest BCUT2D eigenvalue weighted by Crippen LogP contribution is 2.19. The van der Waals surface area contributed by atoms with Crippen LogP contribution < -0.4 is 5.32 Å². The number of aromatic nitrogens is 1. The Bertz CT molecular complexity index is 513. The monoisotopic (exact) mass is 243 g/mol. The van der Waals surface area contributed by atoms with Crippen molar-refractivity contribution in [2.45, 2.75) is 25.4 Å². The summed E-state index contributed by atoms with van der Waals surface area (Å²) in [5, 5.41) is 4.86. The molecule has 0 saturated heterocycles. The molecule has 3 rings (SSSR count). The average Bonchev–Trinajstić information content (AvgIpc) is 3.05. The number of fused-ring (bicyclic) bond motifs is 1. The molecule has 2 N–H and O–H groups in total. The lowest BCUT2D eigenvalue weighted by molar-refractivity contribution is 0.325. The Morgan fingerprint density at radius 1 is 1.33 bits per heavy atom. The molecular formula is C15H21N3. The topological polar surface area (TPSA) is 31.1 Å². The molecule has 1 saturated carbocycles. The minimum atomic E-state index is 0.810. The average molecular weight is 243 g/mol. The van der Waals surface area contributed by atoms with E-state index in [-0.39, 0.29) is 0 Å². The SMILES string of the molecule is CN(CCNC1CC1)Cc1cccc2cc[nH]c12. The van der Waals surface area contributed by atoms with Crippen molar-refractivity contribution in [1.82, 2.24) is 15.2 Å². The summed E-state index contributed by atoms with van der Waals surface area (Å²) < 4.78 is 0. The lowest BCUT2D eigenvalue weighted by atomic mass is 10.1. The fourth-order valence-electron chi connectivity index (χ4n) is 2.40. The number of nitrogens with zero attached hydrogens (tertiary/aromatic N) is 1. The maximum absolute atomic E-state index is 3.56. The molecule has 0 amide bonds. The van der Waals surface area contributed by atoms with E-state index in [1.807, 2.05) is 6.20 Å². The summed E-state index contributed by atoms with van der Waals surface area (Å²) in [6, 6.07) is 9.45. The van der Waals surface area contributed by atoms with Crippen LogP contribution in [0.5, 0.6) is 0 Å². The predicted octanol–water partition coefficient (Wildman–Crippen LogP) is 2.35. The Balaban J connectivity index is 1.58. The van der Waals surface area contributed by atoms with Gasteiger partial charge in [0.05, 0.1) is 0 Å². The van der Waals surface area contributed by atoms with E-state index < -0.39 is 0 Å². The lowest BCUT2D eigenvalue weighted by Crippen LogP contribution is -2.30. The Morgan fingerprint density at radius 3 is 3.06 bits per heavy atom. The molecule has 2 aromatic rings. The normalized spacial score (nSPS) is 15.7. The molecule has 1 aliphatic rings. The van der Waals surface area contributed by atoms with Crippen molar-refractivity contribution >= 4 is 10.9 Å². The van der Waals surface area contributed by atoms with Gasteiger partial charge in [-0.2, -0.15) is 0 Å². The highest BCUT2D eigenvalue weighted by Gasteiger charge is 2.19. The number of hydrogen-bond donors (Lipinski definition) is 2. The summed E-state index contributed by atoms with van der Waals surface area (Å²) in [7, 11) is 2.19.